The van der Waals surface area contributed by atoms with Crippen LogP contribution < -0.4 is 0 Å². The lowest BCUT2D eigenvalue weighted by Gasteiger charge is -2.21. The minimum Gasteiger partial charge on any atom is -0.459 e. The van der Waals surface area contributed by atoms with Crippen molar-refractivity contribution in [1.82, 2.24) is 4.90 Å². The molecule has 1 saturated heterocycles. The van der Waals surface area contributed by atoms with Crippen molar-refractivity contribution in [3.05, 3.63) is 0 Å². The Labute approximate surface area is 94.1 Å². The Morgan fingerprint density at radius 2 is 2.25 bits per heavy atom. The monoisotopic (exact) mass is 231 g/mol. The molecule has 1 N–H and O–H groups in total. The van der Waals surface area contributed by atoms with E-state index in [4.69, 9.17) is 14.6 Å². The number of aliphatic hydroxyl groups is 1. The van der Waals surface area contributed by atoms with Crippen LogP contribution in [0.25, 0.3) is 0 Å². The molecule has 0 bridgehead atoms. The maximum Gasteiger partial charge on any atom is 0.410 e. The van der Waals surface area contributed by atoms with E-state index in [9.17, 15) is 9.59 Å². The van der Waals surface area contributed by atoms with Crippen molar-refractivity contribution in [2.45, 2.75) is 32.5 Å². The highest BCUT2D eigenvalue weighted by molar-refractivity contribution is 5.79. The minimum absolute atomic E-state index is 0.146. The van der Waals surface area contributed by atoms with E-state index in [1.165, 1.54) is 4.90 Å². The molecular weight excluding hydrogens is 214 g/mol. The number of hydrogen-bond donors (Lipinski definition) is 1. The number of carbonyl (C=O) groups excluding carboxylic acids is 2. The van der Waals surface area contributed by atoms with Gasteiger partial charge in [-0.1, -0.05) is 0 Å². The van der Waals surface area contributed by atoms with Crippen molar-refractivity contribution in [2.75, 3.05) is 19.7 Å². The summed E-state index contributed by atoms with van der Waals surface area (Å²) < 4.78 is 9.85. The van der Waals surface area contributed by atoms with Crippen molar-refractivity contribution in [3.8, 4) is 0 Å². The summed E-state index contributed by atoms with van der Waals surface area (Å²) in [6, 6.07) is 0. The smallest absolute Gasteiger partial charge is 0.410 e. The number of amides is 1. The lowest BCUT2D eigenvalue weighted by Crippen LogP contribution is -2.36. The topological polar surface area (TPSA) is 76.1 Å². The summed E-state index contributed by atoms with van der Waals surface area (Å²) in [5, 5.41) is 8.80. The predicted octanol–water partition coefficient (Wildman–Crippen LogP) is 0.141. The van der Waals surface area contributed by atoms with Crippen molar-refractivity contribution in [1.29, 1.82) is 0 Å². The van der Waals surface area contributed by atoms with E-state index in [2.05, 4.69) is 0 Å². The molecule has 0 unspecified atom stereocenters. The molecule has 0 aliphatic carbocycles. The van der Waals surface area contributed by atoms with Gasteiger partial charge in [0.1, 0.15) is 18.2 Å². The van der Waals surface area contributed by atoms with Crippen LogP contribution in [0.2, 0.25) is 0 Å². The van der Waals surface area contributed by atoms with Crippen LogP contribution in [-0.4, -0.2) is 53.5 Å². The number of nitrogens with zero attached hydrogens (tertiary/aromatic N) is 1. The molecule has 1 aliphatic heterocycles. The summed E-state index contributed by atoms with van der Waals surface area (Å²) in [5.74, 6) is -0.483. The standard InChI is InChI=1S/C10H17NO5/c1-10(2,3)16-8(13)5-11-4-7(6-12)15-9(11)14/h7,12H,4-6H2,1-3H3/t7-/m1/s1. The summed E-state index contributed by atoms with van der Waals surface area (Å²) in [5.41, 5.74) is -0.572. The van der Waals surface area contributed by atoms with E-state index in [0.29, 0.717) is 0 Å². The molecule has 0 aromatic carbocycles. The van der Waals surface area contributed by atoms with Gasteiger partial charge in [-0.3, -0.25) is 9.69 Å². The zero-order valence-corrected chi connectivity index (χ0v) is 9.73. The van der Waals surface area contributed by atoms with Gasteiger partial charge in [-0.05, 0) is 20.8 Å². The Bertz CT molecular complexity index is 283. The quantitative estimate of drug-likeness (QED) is 0.699. The van der Waals surface area contributed by atoms with Crippen LogP contribution in [0.5, 0.6) is 0 Å². The lowest BCUT2D eigenvalue weighted by atomic mass is 10.2. The molecule has 1 amide bonds. The fourth-order valence-corrected chi connectivity index (χ4v) is 1.33. The first-order valence-electron chi connectivity index (χ1n) is 5.10. The van der Waals surface area contributed by atoms with Gasteiger partial charge < -0.3 is 14.6 Å². The first-order chi connectivity index (χ1) is 7.31. The van der Waals surface area contributed by atoms with Crippen molar-refractivity contribution >= 4 is 12.1 Å². The van der Waals surface area contributed by atoms with Crippen LogP contribution in [-0.2, 0) is 14.3 Å². The zero-order valence-electron chi connectivity index (χ0n) is 9.73. The van der Waals surface area contributed by atoms with Crippen LogP contribution >= 0.6 is 0 Å². The largest absolute Gasteiger partial charge is 0.459 e. The lowest BCUT2D eigenvalue weighted by molar-refractivity contribution is -0.155. The van der Waals surface area contributed by atoms with Crippen LogP contribution in [0.3, 0.4) is 0 Å². The molecular formula is C10H17NO5. The third-order valence-corrected chi connectivity index (χ3v) is 1.89. The molecule has 0 aromatic rings. The fourth-order valence-electron chi connectivity index (χ4n) is 1.33. The Morgan fingerprint density at radius 1 is 1.62 bits per heavy atom. The Hall–Kier alpha value is -1.30. The van der Waals surface area contributed by atoms with Crippen LogP contribution in [0, 0.1) is 0 Å². The van der Waals surface area contributed by atoms with E-state index >= 15 is 0 Å². The normalized spacial score (nSPS) is 20.9. The van der Waals surface area contributed by atoms with Gasteiger partial charge in [0.05, 0.1) is 13.2 Å². The number of esters is 1. The van der Waals surface area contributed by atoms with E-state index in [1.807, 2.05) is 0 Å². The second-order valence-electron chi connectivity index (χ2n) is 4.66. The number of ether oxygens (including phenoxy) is 2. The van der Waals surface area contributed by atoms with Crippen molar-refractivity contribution in [3.63, 3.8) is 0 Å². The molecule has 6 heteroatoms. The van der Waals surface area contributed by atoms with Gasteiger partial charge in [-0.2, -0.15) is 0 Å². The molecule has 1 atom stereocenters. The molecule has 0 spiro atoms. The Morgan fingerprint density at radius 3 is 2.69 bits per heavy atom. The second kappa shape index (κ2) is 4.69. The molecule has 92 valence electrons. The predicted molar refractivity (Wildman–Crippen MR) is 54.8 cm³/mol. The summed E-state index contributed by atoms with van der Waals surface area (Å²) in [4.78, 5) is 23.9. The van der Waals surface area contributed by atoms with Gasteiger partial charge in [0.15, 0.2) is 0 Å². The van der Waals surface area contributed by atoms with Gasteiger partial charge in [-0.15, -0.1) is 0 Å². The summed E-state index contributed by atoms with van der Waals surface area (Å²) in [6.07, 6.45) is -1.14. The van der Waals surface area contributed by atoms with E-state index in [-0.39, 0.29) is 19.7 Å². The van der Waals surface area contributed by atoms with Gasteiger partial charge in [0.2, 0.25) is 0 Å². The molecule has 1 rings (SSSR count). The van der Waals surface area contributed by atoms with Gasteiger partial charge in [0.25, 0.3) is 0 Å². The molecule has 0 aromatic heterocycles. The molecule has 1 heterocycles. The van der Waals surface area contributed by atoms with Gasteiger partial charge in [0, 0.05) is 0 Å². The third-order valence-electron chi connectivity index (χ3n) is 1.89. The van der Waals surface area contributed by atoms with E-state index in [0.717, 1.165) is 0 Å². The highest BCUT2D eigenvalue weighted by Crippen LogP contribution is 2.12. The molecule has 1 aliphatic rings. The summed E-state index contributed by atoms with van der Waals surface area (Å²) in [7, 11) is 0. The average Bonchev–Trinajstić information content (AvgIpc) is 2.44. The maximum atomic E-state index is 11.4. The molecule has 1 fully saturated rings. The van der Waals surface area contributed by atoms with Crippen LogP contribution in [0.1, 0.15) is 20.8 Å². The number of carbonyl (C=O) groups is 2. The summed E-state index contributed by atoms with van der Waals surface area (Å²) in [6.45, 7) is 5.09. The fraction of sp³-hybridized carbons (Fsp3) is 0.800. The zero-order chi connectivity index (χ0) is 12.3. The second-order valence-corrected chi connectivity index (χ2v) is 4.66. The minimum atomic E-state index is -0.593. The van der Waals surface area contributed by atoms with Crippen molar-refractivity contribution < 1.29 is 24.2 Å². The molecule has 0 radical (unpaired) electrons. The van der Waals surface area contributed by atoms with E-state index in [1.54, 1.807) is 20.8 Å². The highest BCUT2D eigenvalue weighted by Gasteiger charge is 2.33. The summed E-state index contributed by atoms with van der Waals surface area (Å²) >= 11 is 0. The first kappa shape index (κ1) is 12.8. The third kappa shape index (κ3) is 3.69. The number of aliphatic hydroxyl groups excluding tert-OH is 1. The number of hydrogen-bond acceptors (Lipinski definition) is 5. The van der Waals surface area contributed by atoms with Gasteiger partial charge in [-0.25, -0.2) is 4.79 Å². The first-order valence-corrected chi connectivity index (χ1v) is 5.10. The van der Waals surface area contributed by atoms with Gasteiger partial charge >= 0.3 is 12.1 Å². The van der Waals surface area contributed by atoms with Crippen LogP contribution in [0.4, 0.5) is 4.79 Å². The molecule has 6 nitrogen and oxygen atoms in total. The number of rotatable bonds is 3. The SMILES string of the molecule is CC(C)(C)OC(=O)CN1C[C@H](CO)OC1=O. The Kier molecular flexibility index (Phi) is 3.74. The maximum absolute atomic E-state index is 11.4. The Balaban J connectivity index is 2.43. The van der Waals surface area contributed by atoms with E-state index < -0.39 is 23.8 Å². The average molecular weight is 231 g/mol. The number of cyclic esters (lactones) is 1. The van der Waals surface area contributed by atoms with Crippen LogP contribution in [0.15, 0.2) is 0 Å². The van der Waals surface area contributed by atoms with Crippen molar-refractivity contribution in [2.24, 2.45) is 0 Å². The molecule has 16 heavy (non-hydrogen) atoms. The highest BCUT2D eigenvalue weighted by atomic mass is 16.6. The molecule has 0 saturated carbocycles.